The van der Waals surface area contributed by atoms with Gasteiger partial charge in [-0.25, -0.2) is 0 Å². The van der Waals surface area contributed by atoms with Crippen molar-refractivity contribution in [3.8, 4) is 5.75 Å². The molecule has 12 heavy (non-hydrogen) atoms. The van der Waals surface area contributed by atoms with Crippen LogP contribution in [0.15, 0.2) is 24.3 Å². The normalized spacial score (nSPS) is 12.6. The van der Waals surface area contributed by atoms with Gasteiger partial charge in [0.15, 0.2) is 0 Å². The third kappa shape index (κ3) is 2.40. The van der Waals surface area contributed by atoms with Gasteiger partial charge >= 0.3 is 0 Å². The van der Waals surface area contributed by atoms with Crippen molar-refractivity contribution >= 4 is 11.6 Å². The van der Waals surface area contributed by atoms with E-state index in [4.69, 9.17) is 21.4 Å². The summed E-state index contributed by atoms with van der Waals surface area (Å²) in [4.78, 5) is 0. The molecule has 0 radical (unpaired) electrons. The zero-order chi connectivity index (χ0) is 8.97. The van der Waals surface area contributed by atoms with Crippen LogP contribution in [0.1, 0.15) is 5.56 Å². The van der Waals surface area contributed by atoms with Crippen LogP contribution >= 0.6 is 11.6 Å². The minimum absolute atomic E-state index is 0.0777. The van der Waals surface area contributed by atoms with Gasteiger partial charge in [0.2, 0.25) is 6.29 Å². The monoisotopic (exact) mass is 186 g/mol. The molecule has 2 nitrogen and oxygen atoms in total. The summed E-state index contributed by atoms with van der Waals surface area (Å²) in [6.45, 7) is 1.91. The van der Waals surface area contributed by atoms with Gasteiger partial charge in [-0.3, -0.25) is 0 Å². The first-order valence-corrected chi connectivity index (χ1v) is 4.24. The number of para-hydroxylation sites is 1. The van der Waals surface area contributed by atoms with Gasteiger partial charge in [0.05, 0.1) is 5.88 Å². The average molecular weight is 187 g/mol. The summed E-state index contributed by atoms with van der Waals surface area (Å²) < 4.78 is 5.12. The first-order chi connectivity index (χ1) is 5.74. The highest BCUT2D eigenvalue weighted by Gasteiger charge is 2.04. The summed E-state index contributed by atoms with van der Waals surface area (Å²) in [5, 5.41) is 9.08. The number of ether oxygens (including phenoxy) is 1. The Hall–Kier alpha value is -0.730. The van der Waals surface area contributed by atoms with E-state index in [-0.39, 0.29) is 5.88 Å². The average Bonchev–Trinajstić information content (AvgIpc) is 2.09. The van der Waals surface area contributed by atoms with Crippen molar-refractivity contribution < 1.29 is 9.84 Å². The van der Waals surface area contributed by atoms with Gasteiger partial charge in [-0.15, -0.1) is 11.6 Å². The molecule has 1 aromatic carbocycles. The number of alkyl halides is 1. The van der Waals surface area contributed by atoms with Crippen LogP contribution in [-0.4, -0.2) is 17.3 Å². The Labute approximate surface area is 76.7 Å². The molecule has 66 valence electrons. The van der Waals surface area contributed by atoms with E-state index in [0.29, 0.717) is 5.75 Å². The lowest BCUT2D eigenvalue weighted by molar-refractivity contribution is 0.00220. The van der Waals surface area contributed by atoms with Crippen molar-refractivity contribution in [2.24, 2.45) is 0 Å². The summed E-state index contributed by atoms with van der Waals surface area (Å²) in [7, 11) is 0. The molecule has 1 atom stereocenters. The van der Waals surface area contributed by atoms with Crippen LogP contribution in [0.5, 0.6) is 5.75 Å². The second-order valence-corrected chi connectivity index (χ2v) is 2.80. The van der Waals surface area contributed by atoms with Crippen molar-refractivity contribution in [1.29, 1.82) is 0 Å². The molecule has 0 aromatic heterocycles. The van der Waals surface area contributed by atoms with Crippen molar-refractivity contribution in [3.63, 3.8) is 0 Å². The number of aliphatic hydroxyl groups excluding tert-OH is 1. The van der Waals surface area contributed by atoms with Gasteiger partial charge in [-0.05, 0) is 18.6 Å². The second-order valence-electron chi connectivity index (χ2n) is 2.49. The Kier molecular flexibility index (Phi) is 3.38. The van der Waals surface area contributed by atoms with Crippen LogP contribution in [0.3, 0.4) is 0 Å². The van der Waals surface area contributed by atoms with Crippen LogP contribution in [0.4, 0.5) is 0 Å². The van der Waals surface area contributed by atoms with E-state index in [1.54, 1.807) is 6.07 Å². The fourth-order valence-corrected chi connectivity index (χ4v) is 0.930. The van der Waals surface area contributed by atoms with E-state index in [2.05, 4.69) is 0 Å². The lowest BCUT2D eigenvalue weighted by Gasteiger charge is -2.11. The van der Waals surface area contributed by atoms with Crippen molar-refractivity contribution in [1.82, 2.24) is 0 Å². The number of hydrogen-bond acceptors (Lipinski definition) is 2. The van der Waals surface area contributed by atoms with E-state index < -0.39 is 6.29 Å². The summed E-state index contributed by atoms with van der Waals surface area (Å²) in [6, 6.07) is 7.47. The minimum atomic E-state index is -0.923. The highest BCUT2D eigenvalue weighted by Crippen LogP contribution is 2.17. The summed E-state index contributed by atoms with van der Waals surface area (Å²) in [6.07, 6.45) is -0.923. The fraction of sp³-hybridized carbons (Fsp3) is 0.333. The van der Waals surface area contributed by atoms with Gasteiger partial charge < -0.3 is 9.84 Å². The predicted molar refractivity (Wildman–Crippen MR) is 48.5 cm³/mol. The van der Waals surface area contributed by atoms with Crippen molar-refractivity contribution in [3.05, 3.63) is 29.8 Å². The van der Waals surface area contributed by atoms with Crippen LogP contribution in [0.25, 0.3) is 0 Å². The molecule has 0 saturated heterocycles. The molecular formula is C9H11ClO2. The fourth-order valence-electron chi connectivity index (χ4n) is 0.867. The first kappa shape index (κ1) is 9.36. The molecule has 0 heterocycles. The largest absolute Gasteiger partial charge is 0.464 e. The zero-order valence-corrected chi connectivity index (χ0v) is 7.58. The maximum Gasteiger partial charge on any atom is 0.211 e. The van der Waals surface area contributed by atoms with Crippen LogP contribution < -0.4 is 4.74 Å². The smallest absolute Gasteiger partial charge is 0.211 e. The highest BCUT2D eigenvalue weighted by molar-refractivity contribution is 6.18. The van der Waals surface area contributed by atoms with Crippen molar-refractivity contribution in [2.45, 2.75) is 13.2 Å². The molecule has 0 aliphatic rings. The molecule has 1 rings (SSSR count). The van der Waals surface area contributed by atoms with E-state index in [1.807, 2.05) is 25.1 Å². The summed E-state index contributed by atoms with van der Waals surface area (Å²) in [5.74, 6) is 0.750. The standard InChI is InChI=1S/C9H11ClO2/c1-7-4-2-3-5-8(7)12-9(11)6-10/h2-5,9,11H,6H2,1H3. The molecule has 0 aliphatic heterocycles. The van der Waals surface area contributed by atoms with Gasteiger partial charge in [-0.1, -0.05) is 18.2 Å². The topological polar surface area (TPSA) is 29.5 Å². The Bertz CT molecular complexity index is 250. The molecule has 1 aromatic rings. The Balaban J connectivity index is 2.69. The highest BCUT2D eigenvalue weighted by atomic mass is 35.5. The quantitative estimate of drug-likeness (QED) is 0.578. The number of halogens is 1. The molecule has 0 aliphatic carbocycles. The van der Waals surface area contributed by atoms with E-state index in [1.165, 1.54) is 0 Å². The molecule has 3 heteroatoms. The van der Waals surface area contributed by atoms with Gasteiger partial charge in [0.25, 0.3) is 0 Å². The molecule has 0 spiro atoms. The Morgan fingerprint density at radius 3 is 2.75 bits per heavy atom. The number of rotatable bonds is 3. The molecular weight excluding hydrogens is 176 g/mol. The first-order valence-electron chi connectivity index (χ1n) is 3.70. The lowest BCUT2D eigenvalue weighted by Crippen LogP contribution is -2.17. The second kappa shape index (κ2) is 4.33. The third-order valence-corrected chi connectivity index (χ3v) is 1.75. The number of hydrogen-bond donors (Lipinski definition) is 1. The molecule has 1 N–H and O–H groups in total. The summed E-state index contributed by atoms with van der Waals surface area (Å²) in [5.41, 5.74) is 0.988. The predicted octanol–water partition coefficient (Wildman–Crippen LogP) is 1.93. The SMILES string of the molecule is Cc1ccccc1OC(O)CCl. The van der Waals surface area contributed by atoms with Gasteiger partial charge in [-0.2, -0.15) is 0 Å². The molecule has 0 amide bonds. The molecule has 0 bridgehead atoms. The number of aliphatic hydroxyl groups is 1. The zero-order valence-electron chi connectivity index (χ0n) is 6.83. The number of benzene rings is 1. The third-order valence-electron chi connectivity index (χ3n) is 1.49. The van der Waals surface area contributed by atoms with Crippen LogP contribution in [0, 0.1) is 6.92 Å². The number of aryl methyl sites for hydroxylation is 1. The maximum atomic E-state index is 9.08. The Morgan fingerprint density at radius 2 is 2.17 bits per heavy atom. The van der Waals surface area contributed by atoms with Crippen LogP contribution in [0.2, 0.25) is 0 Å². The van der Waals surface area contributed by atoms with E-state index >= 15 is 0 Å². The summed E-state index contributed by atoms with van der Waals surface area (Å²) >= 11 is 5.38. The van der Waals surface area contributed by atoms with Crippen molar-refractivity contribution in [2.75, 3.05) is 5.88 Å². The van der Waals surface area contributed by atoms with E-state index in [9.17, 15) is 0 Å². The van der Waals surface area contributed by atoms with Crippen LogP contribution in [-0.2, 0) is 0 Å². The lowest BCUT2D eigenvalue weighted by atomic mass is 10.2. The Morgan fingerprint density at radius 1 is 1.50 bits per heavy atom. The van der Waals surface area contributed by atoms with Gasteiger partial charge in [0.1, 0.15) is 5.75 Å². The molecule has 0 saturated carbocycles. The molecule has 1 unspecified atom stereocenters. The van der Waals surface area contributed by atoms with Gasteiger partial charge in [0, 0.05) is 0 Å². The minimum Gasteiger partial charge on any atom is -0.464 e. The maximum absolute atomic E-state index is 9.08. The van der Waals surface area contributed by atoms with E-state index in [0.717, 1.165) is 5.56 Å². The molecule has 0 fully saturated rings.